The van der Waals surface area contributed by atoms with Crippen molar-refractivity contribution in [3.8, 4) is 0 Å². The second kappa shape index (κ2) is 13.5. The minimum atomic E-state index is -2.03. The fourth-order valence-electron chi connectivity index (χ4n) is 9.49. The summed E-state index contributed by atoms with van der Waals surface area (Å²) in [6.07, 6.45) is 5.06. The number of carbonyl (C=O) groups excluding carboxylic acids is 4. The second-order valence-electron chi connectivity index (χ2n) is 15.7. The van der Waals surface area contributed by atoms with Gasteiger partial charge < -0.3 is 20.0 Å². The van der Waals surface area contributed by atoms with E-state index in [1.165, 1.54) is 0 Å². The van der Waals surface area contributed by atoms with Crippen molar-refractivity contribution in [1.82, 2.24) is 4.90 Å². The summed E-state index contributed by atoms with van der Waals surface area (Å²) in [5.41, 5.74) is 3.65. The van der Waals surface area contributed by atoms with Crippen LogP contribution in [0.25, 0.3) is 21.5 Å². The lowest BCUT2D eigenvalue weighted by Gasteiger charge is -2.28. The molecule has 3 atom stereocenters. The maximum atomic E-state index is 14.7. The Balaban J connectivity index is 0.983. The summed E-state index contributed by atoms with van der Waals surface area (Å²) in [5, 5.41) is 26.2. The van der Waals surface area contributed by atoms with Gasteiger partial charge in [0.25, 0.3) is 17.7 Å². The van der Waals surface area contributed by atoms with Crippen LogP contribution in [-0.4, -0.2) is 57.9 Å². The van der Waals surface area contributed by atoms with E-state index in [2.05, 4.69) is 0 Å². The van der Waals surface area contributed by atoms with Gasteiger partial charge in [0.2, 0.25) is 5.91 Å². The zero-order valence-corrected chi connectivity index (χ0v) is 31.8. The van der Waals surface area contributed by atoms with Gasteiger partial charge in [-0.2, -0.15) is 0 Å². The Labute approximate surface area is 334 Å². The molecule has 0 saturated carbocycles. The number of fused-ring (bicyclic) bond motifs is 1. The molecule has 58 heavy (non-hydrogen) atoms. The van der Waals surface area contributed by atoms with Crippen LogP contribution in [-0.2, 0) is 21.7 Å². The van der Waals surface area contributed by atoms with E-state index in [9.17, 15) is 29.4 Å². The van der Waals surface area contributed by atoms with Gasteiger partial charge in [-0.1, -0.05) is 79.7 Å². The number of aliphatic hydroxyl groups excluding tert-OH is 1. The average molecular weight is 769 g/mol. The maximum absolute atomic E-state index is 14.7. The Morgan fingerprint density at radius 2 is 1.36 bits per heavy atom. The van der Waals surface area contributed by atoms with E-state index in [-0.39, 0.29) is 43.3 Å². The van der Waals surface area contributed by atoms with Crippen LogP contribution >= 0.6 is 0 Å². The van der Waals surface area contributed by atoms with Crippen LogP contribution in [0.5, 0.6) is 0 Å². The molecule has 0 bridgehead atoms. The molecule has 288 valence electrons. The maximum Gasteiger partial charge on any atom is 0.264 e. The van der Waals surface area contributed by atoms with E-state index >= 15 is 0 Å². The fraction of sp³-hybridized carbons (Fsp3) is 0.208. The largest absolute Gasteiger partial charge is 0.394 e. The van der Waals surface area contributed by atoms with Crippen LogP contribution in [0, 0.1) is 5.92 Å². The Morgan fingerprint density at radius 3 is 1.98 bits per heavy atom. The van der Waals surface area contributed by atoms with Crippen molar-refractivity contribution in [2.24, 2.45) is 5.92 Å². The number of nitrogens with zero attached hydrogens (tertiary/aromatic N) is 4. The highest BCUT2D eigenvalue weighted by Crippen LogP contribution is 2.50. The predicted molar refractivity (Wildman–Crippen MR) is 224 cm³/mol. The van der Waals surface area contributed by atoms with Crippen LogP contribution in [0.2, 0.25) is 0 Å². The molecular weight excluding hydrogens is 729 g/mol. The highest BCUT2D eigenvalue weighted by Gasteiger charge is 2.53. The third-order valence-corrected chi connectivity index (χ3v) is 12.4. The lowest BCUT2D eigenvalue weighted by Crippen LogP contribution is -2.44. The summed E-state index contributed by atoms with van der Waals surface area (Å²) in [6, 6.07) is 35.7. The van der Waals surface area contributed by atoms with E-state index in [1.54, 1.807) is 56.9 Å². The standard InChI is InChI=1S/C48H40N4O6/c1-29(8-2-18-42(54)49-25-7-13-35(49)28-53)48(58)38-26-34(52-41-17-6-12-32-10-4-15-37(44(32)41)46(52)56)23-24-39(38)50(47(48)57)27-30-19-21-33(22-20-30)51-40-16-5-11-31-9-3-14-36(43(31)40)45(51)55/h2-6,8-12,14-17,19-24,26,29,35,53,58H,7,13,18,25,27-28H2,1H3/b8-2+/t29-,35+,48+/m1/s1. The number of likely N-dealkylation sites (tertiary alicyclic amines) is 1. The molecule has 0 unspecified atom stereocenters. The van der Waals surface area contributed by atoms with Crippen molar-refractivity contribution in [1.29, 1.82) is 0 Å². The topological polar surface area (TPSA) is 122 Å². The smallest absolute Gasteiger partial charge is 0.264 e. The number of hydrogen-bond acceptors (Lipinski definition) is 6. The molecule has 2 N–H and O–H groups in total. The normalized spacial score (nSPS) is 20.1. The molecule has 4 heterocycles. The van der Waals surface area contributed by atoms with Gasteiger partial charge in [0, 0.05) is 46.6 Å². The number of anilines is 5. The zero-order chi connectivity index (χ0) is 39.9. The predicted octanol–water partition coefficient (Wildman–Crippen LogP) is 7.88. The molecule has 0 aromatic heterocycles. The molecule has 10 rings (SSSR count). The van der Waals surface area contributed by atoms with E-state index in [1.807, 2.05) is 97.1 Å². The number of hydrogen-bond donors (Lipinski definition) is 2. The molecule has 1 fully saturated rings. The number of amides is 4. The molecule has 10 nitrogen and oxygen atoms in total. The summed E-state index contributed by atoms with van der Waals surface area (Å²) in [5.74, 6) is -1.70. The van der Waals surface area contributed by atoms with Crippen molar-refractivity contribution < 1.29 is 29.4 Å². The first-order valence-corrected chi connectivity index (χ1v) is 19.8. The van der Waals surface area contributed by atoms with Gasteiger partial charge in [0.05, 0.1) is 47.4 Å². The monoisotopic (exact) mass is 768 g/mol. The molecule has 4 aliphatic rings. The minimum absolute atomic E-state index is 0.0672. The van der Waals surface area contributed by atoms with Gasteiger partial charge in [-0.25, -0.2) is 0 Å². The lowest BCUT2D eigenvalue weighted by molar-refractivity contribution is -0.139. The Kier molecular flexibility index (Phi) is 8.33. The van der Waals surface area contributed by atoms with Crippen molar-refractivity contribution >= 4 is 73.6 Å². The molecule has 10 heteroatoms. The highest BCUT2D eigenvalue weighted by atomic mass is 16.3. The zero-order valence-electron chi connectivity index (χ0n) is 31.8. The first kappa shape index (κ1) is 35.8. The molecule has 0 spiro atoms. The first-order chi connectivity index (χ1) is 28.2. The molecule has 4 aliphatic heterocycles. The molecule has 4 amide bonds. The van der Waals surface area contributed by atoms with Gasteiger partial charge in [-0.15, -0.1) is 0 Å². The summed E-state index contributed by atoms with van der Waals surface area (Å²) in [4.78, 5) is 62.0. The average Bonchev–Trinajstić information content (AvgIpc) is 3.98. The van der Waals surface area contributed by atoms with Gasteiger partial charge in [-0.05, 0) is 83.8 Å². The van der Waals surface area contributed by atoms with Gasteiger partial charge in [0.15, 0.2) is 5.60 Å². The number of carbonyl (C=O) groups is 4. The van der Waals surface area contributed by atoms with Crippen LogP contribution in [0.3, 0.4) is 0 Å². The molecule has 6 aromatic carbocycles. The second-order valence-corrected chi connectivity index (χ2v) is 15.7. The van der Waals surface area contributed by atoms with E-state index in [0.717, 1.165) is 51.3 Å². The number of rotatable bonds is 9. The van der Waals surface area contributed by atoms with Crippen LogP contribution < -0.4 is 14.7 Å². The number of aliphatic hydroxyl groups is 2. The van der Waals surface area contributed by atoms with Crippen LogP contribution in [0.1, 0.15) is 58.0 Å². The van der Waals surface area contributed by atoms with Gasteiger partial charge in [0.1, 0.15) is 0 Å². The summed E-state index contributed by atoms with van der Waals surface area (Å²) in [7, 11) is 0. The Hall–Kier alpha value is -6.62. The lowest BCUT2D eigenvalue weighted by atomic mass is 9.82. The Bertz CT molecular complexity index is 2750. The molecule has 0 aliphatic carbocycles. The third kappa shape index (κ3) is 5.25. The summed E-state index contributed by atoms with van der Waals surface area (Å²) in [6.45, 7) is 2.39. The SMILES string of the molecule is C[C@H](/C=C/CC(=O)N1CCC[C@H]1CO)[C@@]1(O)C(=O)N(Cc2ccc(N3C(=O)c4cccc5cccc3c45)cc2)c2ccc(N3C(=O)c4cccc5cccc3c45)cc21. The summed E-state index contributed by atoms with van der Waals surface area (Å²) >= 11 is 0. The fourth-order valence-corrected chi connectivity index (χ4v) is 9.49. The molecule has 0 radical (unpaired) electrons. The summed E-state index contributed by atoms with van der Waals surface area (Å²) < 4.78 is 0. The van der Waals surface area contributed by atoms with Crippen molar-refractivity contribution in [2.45, 2.75) is 44.4 Å². The van der Waals surface area contributed by atoms with Crippen molar-refractivity contribution in [3.05, 3.63) is 150 Å². The quantitative estimate of drug-likeness (QED) is 0.145. The van der Waals surface area contributed by atoms with Gasteiger partial charge in [-0.3, -0.25) is 29.0 Å². The number of benzene rings is 6. The van der Waals surface area contributed by atoms with Crippen molar-refractivity contribution in [2.75, 3.05) is 27.9 Å². The highest BCUT2D eigenvalue weighted by molar-refractivity contribution is 6.29. The Morgan fingerprint density at radius 1 is 0.776 bits per heavy atom. The van der Waals surface area contributed by atoms with Crippen LogP contribution in [0.15, 0.2) is 127 Å². The third-order valence-electron chi connectivity index (χ3n) is 12.4. The van der Waals surface area contributed by atoms with Gasteiger partial charge >= 0.3 is 0 Å². The van der Waals surface area contributed by atoms with Crippen LogP contribution in [0.4, 0.5) is 28.4 Å². The first-order valence-electron chi connectivity index (χ1n) is 19.8. The molecule has 6 aromatic rings. The van der Waals surface area contributed by atoms with E-state index in [4.69, 9.17) is 0 Å². The minimum Gasteiger partial charge on any atom is -0.394 e. The molecule has 1 saturated heterocycles. The van der Waals surface area contributed by atoms with E-state index in [0.29, 0.717) is 40.3 Å². The van der Waals surface area contributed by atoms with Crippen molar-refractivity contribution in [3.63, 3.8) is 0 Å². The van der Waals surface area contributed by atoms with E-state index < -0.39 is 17.4 Å². The molecular formula is C48H40N4O6.